The first-order valence-corrected chi connectivity index (χ1v) is 5.80. The van der Waals surface area contributed by atoms with Crippen LogP contribution in [0.2, 0.25) is 0 Å². The average Bonchev–Trinajstić information content (AvgIpc) is 2.72. The summed E-state index contributed by atoms with van der Waals surface area (Å²) < 4.78 is 6.25. The van der Waals surface area contributed by atoms with Crippen molar-refractivity contribution in [2.45, 2.75) is 6.04 Å². The molecule has 0 fully saturated rings. The smallest absolute Gasteiger partial charge is 0.317 e. The summed E-state index contributed by atoms with van der Waals surface area (Å²) in [7, 11) is 0. The van der Waals surface area contributed by atoms with Gasteiger partial charge in [0.2, 0.25) is 5.89 Å². The molecule has 1 aromatic heterocycles. The van der Waals surface area contributed by atoms with Crippen molar-refractivity contribution in [3.63, 3.8) is 0 Å². The van der Waals surface area contributed by atoms with Gasteiger partial charge in [-0.2, -0.15) is 5.26 Å². The molecular weight excluding hydrogens is 302 g/mol. The fourth-order valence-electron chi connectivity index (χ4n) is 1.42. The Morgan fingerprint density at radius 3 is 3.11 bits per heavy atom. The van der Waals surface area contributed by atoms with E-state index in [0.29, 0.717) is 11.1 Å². The van der Waals surface area contributed by atoms with E-state index in [2.05, 4.69) is 26.2 Å². The molecule has 1 aromatic carbocycles. The molecule has 0 amide bonds. The summed E-state index contributed by atoms with van der Waals surface area (Å²) in [4.78, 5) is 14.6. The Hall–Kier alpha value is -1.91. The van der Waals surface area contributed by atoms with Gasteiger partial charge in [0.1, 0.15) is 5.52 Å². The maximum absolute atomic E-state index is 10.4. The SMILES string of the molecule is N#CC(NCC(=O)O)c1nc2cc(Br)ccc2o1. The van der Waals surface area contributed by atoms with E-state index in [-0.39, 0.29) is 12.4 Å². The predicted molar refractivity (Wildman–Crippen MR) is 65.7 cm³/mol. The zero-order chi connectivity index (χ0) is 13.1. The number of benzene rings is 1. The highest BCUT2D eigenvalue weighted by Crippen LogP contribution is 2.23. The van der Waals surface area contributed by atoms with Crippen LogP contribution in [0.4, 0.5) is 0 Å². The normalized spacial score (nSPS) is 12.2. The van der Waals surface area contributed by atoms with Crippen molar-refractivity contribution in [2.24, 2.45) is 0 Å². The van der Waals surface area contributed by atoms with Crippen molar-refractivity contribution >= 4 is 33.0 Å². The van der Waals surface area contributed by atoms with Crippen LogP contribution in [-0.4, -0.2) is 22.6 Å². The van der Waals surface area contributed by atoms with Crippen molar-refractivity contribution in [3.05, 3.63) is 28.6 Å². The molecule has 18 heavy (non-hydrogen) atoms. The van der Waals surface area contributed by atoms with Gasteiger partial charge in [-0.15, -0.1) is 0 Å². The maximum atomic E-state index is 10.4. The first kappa shape index (κ1) is 12.5. The van der Waals surface area contributed by atoms with Crippen LogP contribution in [0, 0.1) is 11.3 Å². The molecule has 1 unspecified atom stereocenters. The number of carboxylic acids is 1. The first-order valence-electron chi connectivity index (χ1n) is 5.01. The molecule has 7 heteroatoms. The predicted octanol–water partition coefficient (Wildman–Crippen LogP) is 1.83. The van der Waals surface area contributed by atoms with Crippen LogP contribution < -0.4 is 5.32 Å². The number of rotatable bonds is 4. The molecule has 0 bridgehead atoms. The fourth-order valence-corrected chi connectivity index (χ4v) is 1.77. The van der Waals surface area contributed by atoms with Crippen LogP contribution in [0.15, 0.2) is 27.1 Å². The van der Waals surface area contributed by atoms with Crippen LogP contribution in [-0.2, 0) is 4.79 Å². The quantitative estimate of drug-likeness (QED) is 0.894. The van der Waals surface area contributed by atoms with Crippen molar-refractivity contribution in [1.29, 1.82) is 5.26 Å². The van der Waals surface area contributed by atoms with Gasteiger partial charge in [-0.1, -0.05) is 15.9 Å². The van der Waals surface area contributed by atoms with Gasteiger partial charge in [-0.3, -0.25) is 10.1 Å². The highest BCUT2D eigenvalue weighted by Gasteiger charge is 2.18. The third kappa shape index (κ3) is 2.67. The van der Waals surface area contributed by atoms with Crippen LogP contribution in [0.25, 0.3) is 11.1 Å². The molecule has 1 atom stereocenters. The maximum Gasteiger partial charge on any atom is 0.317 e. The van der Waals surface area contributed by atoms with E-state index in [9.17, 15) is 4.79 Å². The minimum absolute atomic E-state index is 0.159. The van der Waals surface area contributed by atoms with Crippen molar-refractivity contribution in [2.75, 3.05) is 6.54 Å². The van der Waals surface area contributed by atoms with Gasteiger partial charge in [0.15, 0.2) is 11.6 Å². The molecule has 0 radical (unpaired) electrons. The second-order valence-corrected chi connectivity index (χ2v) is 4.42. The van der Waals surface area contributed by atoms with E-state index in [4.69, 9.17) is 14.8 Å². The molecule has 2 N–H and O–H groups in total. The molecule has 0 aliphatic heterocycles. The lowest BCUT2D eigenvalue weighted by molar-refractivity contribution is -0.136. The zero-order valence-electron chi connectivity index (χ0n) is 9.05. The van der Waals surface area contributed by atoms with Crippen LogP contribution in [0.1, 0.15) is 11.9 Å². The number of hydrogen-bond donors (Lipinski definition) is 2. The Bertz CT molecular complexity index is 632. The summed E-state index contributed by atoms with van der Waals surface area (Å²) in [5.41, 5.74) is 1.15. The number of aromatic nitrogens is 1. The molecule has 0 saturated carbocycles. The van der Waals surface area contributed by atoms with E-state index >= 15 is 0 Å². The highest BCUT2D eigenvalue weighted by molar-refractivity contribution is 9.10. The summed E-state index contributed by atoms with van der Waals surface area (Å²) in [5, 5.41) is 20.0. The summed E-state index contributed by atoms with van der Waals surface area (Å²) in [6.45, 7) is -0.333. The van der Waals surface area contributed by atoms with E-state index in [1.807, 2.05) is 6.07 Å². The highest BCUT2D eigenvalue weighted by atomic mass is 79.9. The minimum atomic E-state index is -1.05. The third-order valence-electron chi connectivity index (χ3n) is 2.20. The zero-order valence-corrected chi connectivity index (χ0v) is 10.6. The average molecular weight is 310 g/mol. The fraction of sp³-hybridized carbons (Fsp3) is 0.182. The lowest BCUT2D eigenvalue weighted by Crippen LogP contribution is -2.26. The van der Waals surface area contributed by atoms with Gasteiger partial charge < -0.3 is 9.52 Å². The molecule has 0 saturated heterocycles. The molecule has 0 aliphatic carbocycles. The van der Waals surface area contributed by atoms with Gasteiger partial charge in [-0.25, -0.2) is 4.98 Å². The Kier molecular flexibility index (Phi) is 3.60. The van der Waals surface area contributed by atoms with E-state index in [0.717, 1.165) is 4.47 Å². The number of carbonyl (C=O) groups is 1. The number of fused-ring (bicyclic) bond motifs is 1. The second-order valence-electron chi connectivity index (χ2n) is 3.50. The number of hydrogen-bond acceptors (Lipinski definition) is 5. The second kappa shape index (κ2) is 5.16. The van der Waals surface area contributed by atoms with Gasteiger partial charge in [-0.05, 0) is 18.2 Å². The molecule has 6 nitrogen and oxygen atoms in total. The topological polar surface area (TPSA) is 99.2 Å². The van der Waals surface area contributed by atoms with Crippen LogP contribution >= 0.6 is 15.9 Å². The van der Waals surface area contributed by atoms with E-state index in [1.165, 1.54) is 0 Å². The first-order chi connectivity index (χ1) is 8.60. The van der Waals surface area contributed by atoms with Crippen molar-refractivity contribution in [1.82, 2.24) is 10.3 Å². The number of aliphatic carboxylic acids is 1. The van der Waals surface area contributed by atoms with Crippen LogP contribution in [0.5, 0.6) is 0 Å². The summed E-state index contributed by atoms with van der Waals surface area (Å²) in [5.74, 6) is -0.888. The van der Waals surface area contributed by atoms with Crippen LogP contribution in [0.3, 0.4) is 0 Å². The van der Waals surface area contributed by atoms with E-state index < -0.39 is 12.0 Å². The summed E-state index contributed by atoms with van der Waals surface area (Å²) >= 11 is 3.31. The number of halogens is 1. The van der Waals surface area contributed by atoms with Gasteiger partial charge in [0.05, 0.1) is 12.6 Å². The number of oxazole rings is 1. The summed E-state index contributed by atoms with van der Waals surface area (Å²) in [6.07, 6.45) is 0. The van der Waals surface area contributed by atoms with Gasteiger partial charge in [0, 0.05) is 4.47 Å². The molecule has 92 valence electrons. The minimum Gasteiger partial charge on any atom is -0.480 e. The number of nitrogens with one attached hydrogen (secondary N) is 1. The molecule has 1 heterocycles. The lowest BCUT2D eigenvalue weighted by atomic mass is 10.3. The monoisotopic (exact) mass is 309 g/mol. The Morgan fingerprint density at radius 2 is 2.44 bits per heavy atom. The lowest BCUT2D eigenvalue weighted by Gasteiger charge is -2.03. The molecule has 0 spiro atoms. The standard InChI is InChI=1S/C11H8BrN3O3/c12-6-1-2-9-7(3-6)15-11(18-9)8(4-13)14-5-10(16)17/h1-3,8,14H,5H2,(H,16,17). The van der Waals surface area contributed by atoms with Gasteiger partial charge >= 0.3 is 5.97 Å². The van der Waals surface area contributed by atoms with E-state index in [1.54, 1.807) is 18.2 Å². The molecular formula is C11H8BrN3O3. The largest absolute Gasteiger partial charge is 0.480 e. The Labute approximate surface area is 110 Å². The van der Waals surface area contributed by atoms with Gasteiger partial charge in [0.25, 0.3) is 0 Å². The third-order valence-corrected chi connectivity index (χ3v) is 2.69. The Morgan fingerprint density at radius 1 is 1.67 bits per heavy atom. The van der Waals surface area contributed by atoms with Crippen molar-refractivity contribution < 1.29 is 14.3 Å². The molecule has 2 rings (SSSR count). The molecule has 0 aliphatic rings. The summed E-state index contributed by atoms with van der Waals surface area (Å²) in [6, 6.07) is 6.30. The number of nitrogens with zero attached hydrogens (tertiary/aromatic N) is 2. The van der Waals surface area contributed by atoms with Crippen molar-refractivity contribution in [3.8, 4) is 6.07 Å². The molecule has 2 aromatic rings. The number of nitriles is 1. The number of carboxylic acid groups (broad SMARTS) is 1. The Balaban J connectivity index is 2.28.